The molecule has 0 aromatic heterocycles. The largest absolute Gasteiger partial charge is 0.497 e. The summed E-state index contributed by atoms with van der Waals surface area (Å²) in [6.07, 6.45) is 0. The standard InChI is InChI=1S/C25H34N2O4/c1-17-10-8-13-22(18(17)2)31-16-23(28)27(19(3)24(29)26-25(4,5)6)15-20-11-9-12-21(14-20)30-7/h8-14,19H,15-16H2,1-7H3,(H,26,29). The third-order valence-electron chi connectivity index (χ3n) is 5.06. The second kappa shape index (κ2) is 10.3. The van der Waals surface area contributed by atoms with Crippen molar-refractivity contribution in [3.05, 3.63) is 59.2 Å². The van der Waals surface area contributed by atoms with Crippen molar-refractivity contribution < 1.29 is 19.1 Å². The Balaban J connectivity index is 2.23. The first kappa shape index (κ1) is 24.3. The molecule has 6 nitrogen and oxygen atoms in total. The van der Waals surface area contributed by atoms with Gasteiger partial charge in [0, 0.05) is 12.1 Å². The molecule has 1 unspecified atom stereocenters. The SMILES string of the molecule is COc1cccc(CN(C(=O)COc2cccc(C)c2C)C(C)C(=O)NC(C)(C)C)c1. The fourth-order valence-corrected chi connectivity index (χ4v) is 3.13. The Bertz CT molecular complexity index is 918. The molecule has 1 N–H and O–H groups in total. The molecular weight excluding hydrogens is 392 g/mol. The molecule has 0 bridgehead atoms. The predicted octanol–water partition coefficient (Wildman–Crippen LogP) is 4.02. The number of carbonyl (C=O) groups excluding carboxylic acids is 2. The van der Waals surface area contributed by atoms with Gasteiger partial charge in [-0.05, 0) is 76.4 Å². The summed E-state index contributed by atoms with van der Waals surface area (Å²) in [6.45, 7) is 11.5. The summed E-state index contributed by atoms with van der Waals surface area (Å²) < 4.78 is 11.1. The van der Waals surface area contributed by atoms with Gasteiger partial charge in [-0.25, -0.2) is 0 Å². The minimum Gasteiger partial charge on any atom is -0.497 e. The third kappa shape index (κ3) is 7.02. The third-order valence-corrected chi connectivity index (χ3v) is 5.06. The molecule has 168 valence electrons. The van der Waals surface area contributed by atoms with Crippen LogP contribution < -0.4 is 14.8 Å². The summed E-state index contributed by atoms with van der Waals surface area (Å²) in [5.74, 6) is 0.889. The number of hydrogen-bond acceptors (Lipinski definition) is 4. The molecule has 2 aromatic rings. The lowest BCUT2D eigenvalue weighted by Crippen LogP contribution is -2.53. The van der Waals surface area contributed by atoms with Crippen LogP contribution in [0.25, 0.3) is 0 Å². The van der Waals surface area contributed by atoms with Crippen LogP contribution in [-0.2, 0) is 16.1 Å². The predicted molar refractivity (Wildman–Crippen MR) is 122 cm³/mol. The van der Waals surface area contributed by atoms with Crippen molar-refractivity contribution in [2.45, 2.75) is 59.7 Å². The maximum absolute atomic E-state index is 13.2. The van der Waals surface area contributed by atoms with Crippen LogP contribution >= 0.6 is 0 Å². The quantitative estimate of drug-likeness (QED) is 0.692. The van der Waals surface area contributed by atoms with Gasteiger partial charge in [0.15, 0.2) is 6.61 Å². The number of carbonyl (C=O) groups is 2. The van der Waals surface area contributed by atoms with Gasteiger partial charge in [0.1, 0.15) is 17.5 Å². The number of nitrogens with zero attached hydrogens (tertiary/aromatic N) is 1. The van der Waals surface area contributed by atoms with Crippen molar-refractivity contribution in [1.82, 2.24) is 10.2 Å². The van der Waals surface area contributed by atoms with Crippen LogP contribution in [0.3, 0.4) is 0 Å². The number of rotatable bonds is 8. The van der Waals surface area contributed by atoms with E-state index < -0.39 is 11.6 Å². The minimum atomic E-state index is -0.667. The number of methoxy groups -OCH3 is 1. The molecule has 2 rings (SSSR count). The number of hydrogen-bond donors (Lipinski definition) is 1. The molecule has 0 heterocycles. The van der Waals surface area contributed by atoms with E-state index in [2.05, 4.69) is 5.32 Å². The average molecular weight is 427 g/mol. The first-order valence-electron chi connectivity index (χ1n) is 10.4. The van der Waals surface area contributed by atoms with Crippen LogP contribution in [0.1, 0.15) is 44.4 Å². The Morgan fingerprint density at radius 1 is 1.10 bits per heavy atom. The molecule has 0 aliphatic rings. The second-order valence-corrected chi connectivity index (χ2v) is 8.78. The zero-order valence-corrected chi connectivity index (χ0v) is 19.6. The monoisotopic (exact) mass is 426 g/mol. The lowest BCUT2D eigenvalue weighted by atomic mass is 10.1. The summed E-state index contributed by atoms with van der Waals surface area (Å²) in [6, 6.07) is 12.5. The summed E-state index contributed by atoms with van der Waals surface area (Å²) in [5.41, 5.74) is 2.56. The van der Waals surface area contributed by atoms with Crippen LogP contribution in [0.15, 0.2) is 42.5 Å². The highest BCUT2D eigenvalue weighted by Gasteiger charge is 2.28. The van der Waals surface area contributed by atoms with Gasteiger partial charge in [-0.3, -0.25) is 9.59 Å². The number of ether oxygens (including phenoxy) is 2. The van der Waals surface area contributed by atoms with Crippen molar-refractivity contribution in [2.75, 3.05) is 13.7 Å². The molecule has 0 saturated heterocycles. The molecule has 2 amide bonds. The molecule has 0 aliphatic carbocycles. The first-order chi connectivity index (χ1) is 14.5. The van der Waals surface area contributed by atoms with Gasteiger partial charge in [0.05, 0.1) is 7.11 Å². The van der Waals surface area contributed by atoms with Gasteiger partial charge < -0.3 is 19.7 Å². The maximum Gasteiger partial charge on any atom is 0.261 e. The molecule has 2 aromatic carbocycles. The van der Waals surface area contributed by atoms with Gasteiger partial charge >= 0.3 is 0 Å². The van der Waals surface area contributed by atoms with E-state index in [1.807, 2.05) is 77.1 Å². The fraction of sp³-hybridized carbons (Fsp3) is 0.440. The number of amides is 2. The maximum atomic E-state index is 13.2. The Labute approximate surface area is 185 Å². The van der Waals surface area contributed by atoms with E-state index in [-0.39, 0.29) is 25.0 Å². The lowest BCUT2D eigenvalue weighted by Gasteiger charge is -2.31. The topological polar surface area (TPSA) is 67.9 Å². The van der Waals surface area contributed by atoms with E-state index >= 15 is 0 Å². The molecule has 0 radical (unpaired) electrons. The van der Waals surface area contributed by atoms with Crippen LogP contribution in [0.4, 0.5) is 0 Å². The average Bonchev–Trinajstić information content (AvgIpc) is 2.71. The van der Waals surface area contributed by atoms with E-state index in [0.717, 1.165) is 16.7 Å². The van der Waals surface area contributed by atoms with E-state index in [1.165, 1.54) is 0 Å². The Morgan fingerprint density at radius 3 is 2.42 bits per heavy atom. The Kier molecular flexibility index (Phi) is 8.08. The minimum absolute atomic E-state index is 0.151. The molecule has 1 atom stereocenters. The molecule has 0 aliphatic heterocycles. The highest BCUT2D eigenvalue weighted by molar-refractivity contribution is 5.88. The van der Waals surface area contributed by atoms with E-state index in [9.17, 15) is 9.59 Å². The highest BCUT2D eigenvalue weighted by Crippen LogP contribution is 2.21. The van der Waals surface area contributed by atoms with Crippen molar-refractivity contribution >= 4 is 11.8 Å². The normalized spacial score (nSPS) is 12.1. The number of benzene rings is 2. The van der Waals surface area contributed by atoms with Gasteiger partial charge in [0.25, 0.3) is 5.91 Å². The van der Waals surface area contributed by atoms with Crippen molar-refractivity contribution in [3.8, 4) is 11.5 Å². The van der Waals surface area contributed by atoms with E-state index in [4.69, 9.17) is 9.47 Å². The Morgan fingerprint density at radius 2 is 1.77 bits per heavy atom. The summed E-state index contributed by atoms with van der Waals surface area (Å²) >= 11 is 0. The Hall–Kier alpha value is -3.02. The van der Waals surface area contributed by atoms with E-state index in [0.29, 0.717) is 11.5 Å². The fourth-order valence-electron chi connectivity index (χ4n) is 3.13. The molecular formula is C25H34N2O4. The number of aryl methyl sites for hydroxylation is 1. The van der Waals surface area contributed by atoms with Crippen LogP contribution in [-0.4, -0.2) is 42.0 Å². The van der Waals surface area contributed by atoms with Crippen LogP contribution in [0.2, 0.25) is 0 Å². The van der Waals surface area contributed by atoms with Gasteiger partial charge in [-0.1, -0.05) is 24.3 Å². The van der Waals surface area contributed by atoms with Crippen molar-refractivity contribution in [2.24, 2.45) is 0 Å². The lowest BCUT2D eigenvalue weighted by molar-refractivity contribution is -0.142. The van der Waals surface area contributed by atoms with Crippen molar-refractivity contribution in [1.29, 1.82) is 0 Å². The molecule has 0 fully saturated rings. The number of nitrogens with one attached hydrogen (secondary N) is 1. The highest BCUT2D eigenvalue weighted by atomic mass is 16.5. The molecule has 6 heteroatoms. The zero-order chi connectivity index (χ0) is 23.2. The summed E-state index contributed by atoms with van der Waals surface area (Å²) in [5, 5.41) is 2.95. The molecule has 31 heavy (non-hydrogen) atoms. The smallest absolute Gasteiger partial charge is 0.261 e. The van der Waals surface area contributed by atoms with E-state index in [1.54, 1.807) is 18.9 Å². The van der Waals surface area contributed by atoms with Gasteiger partial charge in [-0.2, -0.15) is 0 Å². The van der Waals surface area contributed by atoms with Gasteiger partial charge in [-0.15, -0.1) is 0 Å². The summed E-state index contributed by atoms with van der Waals surface area (Å²) in [7, 11) is 1.60. The van der Waals surface area contributed by atoms with Crippen LogP contribution in [0, 0.1) is 13.8 Å². The second-order valence-electron chi connectivity index (χ2n) is 8.78. The van der Waals surface area contributed by atoms with Crippen LogP contribution in [0.5, 0.6) is 11.5 Å². The summed E-state index contributed by atoms with van der Waals surface area (Å²) in [4.78, 5) is 27.5. The first-order valence-corrected chi connectivity index (χ1v) is 10.4. The molecule has 0 spiro atoms. The molecule has 0 saturated carbocycles. The zero-order valence-electron chi connectivity index (χ0n) is 19.6. The van der Waals surface area contributed by atoms with Gasteiger partial charge in [0.2, 0.25) is 5.91 Å². The van der Waals surface area contributed by atoms with Crippen molar-refractivity contribution in [3.63, 3.8) is 0 Å².